The predicted molar refractivity (Wildman–Crippen MR) is 114 cm³/mol. The van der Waals surface area contributed by atoms with Crippen LogP contribution in [0.4, 0.5) is 5.00 Å². The molecule has 1 aliphatic rings. The smallest absolute Gasteiger partial charge is 0.265 e. The van der Waals surface area contributed by atoms with Crippen LogP contribution >= 0.6 is 11.3 Å². The highest BCUT2D eigenvalue weighted by molar-refractivity contribution is 7.79. The van der Waals surface area contributed by atoms with Gasteiger partial charge in [0.15, 0.2) is 11.5 Å². The van der Waals surface area contributed by atoms with Crippen molar-refractivity contribution < 1.29 is 32.6 Å². The number of thiophene rings is 1. The van der Waals surface area contributed by atoms with E-state index in [0.29, 0.717) is 28.7 Å². The fraction of sp³-hybridized carbons (Fsp3) is 0.350. The molecule has 1 aromatic carbocycles. The van der Waals surface area contributed by atoms with E-state index in [1.54, 1.807) is 25.1 Å². The highest BCUT2D eigenvalue weighted by atomic mass is 32.2. The lowest BCUT2D eigenvalue weighted by atomic mass is 10.0. The first kappa shape index (κ1) is 22.9. The quantitative estimate of drug-likeness (QED) is 0.446. The molecule has 2 atom stereocenters. The van der Waals surface area contributed by atoms with Crippen LogP contribution in [0.25, 0.3) is 0 Å². The largest absolute Gasteiger partial charge is 0.772 e. The van der Waals surface area contributed by atoms with E-state index in [2.05, 4.69) is 5.32 Å². The van der Waals surface area contributed by atoms with Gasteiger partial charge in [0.2, 0.25) is 5.91 Å². The Morgan fingerprint density at radius 2 is 2.03 bits per heavy atom. The maximum Gasteiger partial charge on any atom is 0.265 e. The Labute approximate surface area is 185 Å². The number of hydrogen-bond donors (Lipinski definition) is 1. The molecule has 31 heavy (non-hydrogen) atoms. The van der Waals surface area contributed by atoms with Crippen LogP contribution in [0.1, 0.15) is 52.6 Å². The zero-order chi connectivity index (χ0) is 22.7. The van der Waals surface area contributed by atoms with Gasteiger partial charge in [-0.15, -0.1) is 11.3 Å². The third-order valence-corrected chi connectivity index (χ3v) is 6.17. The third kappa shape index (κ3) is 4.63. The Bertz CT molecular complexity index is 1050. The first-order chi connectivity index (χ1) is 14.8. The molecule has 1 N–H and O–H groups in total. The molecule has 1 unspecified atom stereocenters. The van der Waals surface area contributed by atoms with Gasteiger partial charge in [-0.1, -0.05) is 17.1 Å². The molecule has 0 spiro atoms. The molecule has 3 rings (SSSR count). The summed E-state index contributed by atoms with van der Waals surface area (Å²) in [4.78, 5) is 38.8. The van der Waals surface area contributed by atoms with Gasteiger partial charge in [0.1, 0.15) is 5.00 Å². The van der Waals surface area contributed by atoms with Crippen molar-refractivity contribution in [3.63, 3.8) is 0 Å². The second-order valence-corrected chi connectivity index (χ2v) is 8.57. The second-order valence-electron chi connectivity index (χ2n) is 6.67. The van der Waals surface area contributed by atoms with Gasteiger partial charge in [0.05, 0.1) is 30.9 Å². The molecule has 0 radical (unpaired) electrons. The Morgan fingerprint density at radius 1 is 1.29 bits per heavy atom. The molecular weight excluding hydrogens is 444 g/mol. The molecule has 2 aromatic rings. The van der Waals surface area contributed by atoms with E-state index in [4.69, 9.17) is 9.47 Å². The Hall–Kier alpha value is -2.76. The van der Waals surface area contributed by atoms with Gasteiger partial charge < -0.3 is 19.3 Å². The second kappa shape index (κ2) is 9.58. The van der Waals surface area contributed by atoms with Crippen molar-refractivity contribution in [2.24, 2.45) is 0 Å². The number of fused-ring (bicyclic) bond motifs is 1. The lowest BCUT2D eigenvalue weighted by molar-refractivity contribution is -0.114. The van der Waals surface area contributed by atoms with E-state index in [-0.39, 0.29) is 29.2 Å². The summed E-state index contributed by atoms with van der Waals surface area (Å²) >= 11 is -1.27. The Kier molecular flexibility index (Phi) is 7.08. The topological polar surface area (TPSA) is 125 Å². The van der Waals surface area contributed by atoms with Crippen LogP contribution in [0.15, 0.2) is 23.6 Å². The minimum atomic E-state index is -2.36. The summed E-state index contributed by atoms with van der Waals surface area (Å²) in [5, 5.41) is 4.38. The van der Waals surface area contributed by atoms with Crippen LogP contribution in [-0.2, 0) is 15.9 Å². The number of amides is 3. The van der Waals surface area contributed by atoms with E-state index in [1.807, 2.05) is 0 Å². The van der Waals surface area contributed by atoms with Gasteiger partial charge in [-0.05, 0) is 31.0 Å². The minimum Gasteiger partial charge on any atom is -0.772 e. The van der Waals surface area contributed by atoms with Crippen LogP contribution in [0.3, 0.4) is 0 Å². The average molecular weight is 466 g/mol. The number of nitrogens with zero attached hydrogens (tertiary/aromatic N) is 1. The van der Waals surface area contributed by atoms with Gasteiger partial charge in [0, 0.05) is 18.1 Å². The minimum absolute atomic E-state index is 0.00859. The number of carbonyl (C=O) groups excluding carboxylic acids is 3. The fourth-order valence-corrected chi connectivity index (χ4v) is 4.81. The standard InChI is InChI=1S/C20H22N2O7S2/c1-4-29-16-9-12(5-6-15(16)28-3)14(7-8-31(26)27)22-19(24)13-10-30-18(21-11(2)23)17(13)20(22)25/h5-6,9-10,14H,4,7-8H2,1-3H3,(H,21,23)(H,26,27)/p-1/t14-/m0/s1. The zero-order valence-electron chi connectivity index (χ0n) is 17.1. The van der Waals surface area contributed by atoms with Crippen LogP contribution < -0.4 is 14.8 Å². The molecule has 1 aliphatic heterocycles. The van der Waals surface area contributed by atoms with Crippen molar-refractivity contribution in [2.75, 3.05) is 24.8 Å². The van der Waals surface area contributed by atoms with Crippen molar-refractivity contribution in [1.29, 1.82) is 0 Å². The molecule has 0 fully saturated rings. The zero-order valence-corrected chi connectivity index (χ0v) is 18.8. The van der Waals surface area contributed by atoms with Gasteiger partial charge in [-0.2, -0.15) is 0 Å². The number of imide groups is 1. The molecule has 9 nitrogen and oxygen atoms in total. The number of hydrogen-bond acceptors (Lipinski definition) is 8. The monoisotopic (exact) mass is 465 g/mol. The normalized spacial score (nSPS) is 14.9. The molecule has 0 saturated carbocycles. The summed E-state index contributed by atoms with van der Waals surface area (Å²) in [7, 11) is 1.49. The number of ether oxygens (including phenoxy) is 2. The van der Waals surface area contributed by atoms with Crippen LogP contribution in [0.2, 0.25) is 0 Å². The maximum absolute atomic E-state index is 13.2. The lowest BCUT2D eigenvalue weighted by Gasteiger charge is -2.28. The number of carbonyl (C=O) groups is 3. The third-order valence-electron chi connectivity index (χ3n) is 4.70. The van der Waals surface area contributed by atoms with Gasteiger partial charge >= 0.3 is 0 Å². The highest BCUT2D eigenvalue weighted by Crippen LogP contribution is 2.41. The number of benzene rings is 1. The summed E-state index contributed by atoms with van der Waals surface area (Å²) in [6.45, 7) is 3.48. The van der Waals surface area contributed by atoms with E-state index in [9.17, 15) is 23.1 Å². The lowest BCUT2D eigenvalue weighted by Crippen LogP contribution is -2.35. The first-order valence-electron chi connectivity index (χ1n) is 9.42. The molecule has 0 saturated heterocycles. The fourth-order valence-electron chi connectivity index (χ4n) is 3.43. The molecule has 2 heterocycles. The van der Waals surface area contributed by atoms with Crippen molar-refractivity contribution in [3.8, 4) is 11.5 Å². The van der Waals surface area contributed by atoms with Gasteiger partial charge in [0.25, 0.3) is 11.8 Å². The molecular formula is C20H21N2O7S2-. The molecule has 0 aliphatic carbocycles. The van der Waals surface area contributed by atoms with Crippen molar-refractivity contribution >= 4 is 45.1 Å². The van der Waals surface area contributed by atoms with E-state index in [0.717, 1.165) is 16.2 Å². The highest BCUT2D eigenvalue weighted by Gasteiger charge is 2.43. The van der Waals surface area contributed by atoms with Gasteiger partial charge in [-0.25, -0.2) is 0 Å². The molecule has 3 amide bonds. The molecule has 1 aromatic heterocycles. The summed E-state index contributed by atoms with van der Waals surface area (Å²) in [5.41, 5.74) is 0.842. The number of anilines is 1. The summed E-state index contributed by atoms with van der Waals surface area (Å²) < 4.78 is 33.4. The van der Waals surface area contributed by atoms with E-state index < -0.39 is 28.9 Å². The summed E-state index contributed by atoms with van der Waals surface area (Å²) in [6, 6.07) is 4.11. The van der Waals surface area contributed by atoms with Crippen LogP contribution in [-0.4, -0.2) is 50.9 Å². The summed E-state index contributed by atoms with van der Waals surface area (Å²) in [5.74, 6) is -0.837. The number of methoxy groups -OCH3 is 1. The molecule has 11 heteroatoms. The van der Waals surface area contributed by atoms with E-state index in [1.165, 1.54) is 19.4 Å². The van der Waals surface area contributed by atoms with Crippen molar-refractivity contribution in [3.05, 3.63) is 40.3 Å². The maximum atomic E-state index is 13.2. The van der Waals surface area contributed by atoms with Crippen LogP contribution in [0.5, 0.6) is 11.5 Å². The predicted octanol–water partition coefficient (Wildman–Crippen LogP) is 2.72. The number of nitrogens with one attached hydrogen (secondary N) is 1. The average Bonchev–Trinajstić information content (AvgIpc) is 3.23. The Balaban J connectivity index is 2.03. The van der Waals surface area contributed by atoms with E-state index >= 15 is 0 Å². The molecule has 0 bridgehead atoms. The summed E-state index contributed by atoms with van der Waals surface area (Å²) in [6.07, 6.45) is 0.00859. The van der Waals surface area contributed by atoms with Gasteiger partial charge in [-0.3, -0.25) is 23.5 Å². The number of rotatable bonds is 9. The van der Waals surface area contributed by atoms with Crippen molar-refractivity contribution in [1.82, 2.24) is 4.90 Å². The van der Waals surface area contributed by atoms with Crippen molar-refractivity contribution in [2.45, 2.75) is 26.3 Å². The molecule has 166 valence electrons. The van der Waals surface area contributed by atoms with Crippen LogP contribution in [0, 0.1) is 0 Å². The SMILES string of the molecule is CCOc1cc([C@H](CCS(=O)[O-])N2C(=O)c3csc(NC(C)=O)c3C2=O)ccc1OC. The Morgan fingerprint density at radius 3 is 2.65 bits per heavy atom. The first-order valence-corrected chi connectivity index (χ1v) is 11.5.